The topological polar surface area (TPSA) is 45.0 Å². The van der Waals surface area contributed by atoms with E-state index in [1.165, 1.54) is 0 Å². The maximum absolute atomic E-state index is 10.2. The van der Waals surface area contributed by atoms with E-state index >= 15 is 0 Å². The van der Waals surface area contributed by atoms with Crippen LogP contribution in [0.3, 0.4) is 0 Å². The molecule has 0 saturated heterocycles. The van der Waals surface area contributed by atoms with Crippen LogP contribution in [0.25, 0.3) is 0 Å². The summed E-state index contributed by atoms with van der Waals surface area (Å²) in [5.41, 5.74) is -0.178. The average molecular weight is 212 g/mol. The van der Waals surface area contributed by atoms with E-state index in [0.717, 1.165) is 6.42 Å². The highest BCUT2D eigenvalue weighted by molar-refractivity contribution is 5.05. The molecule has 0 fully saturated rings. The van der Waals surface area contributed by atoms with Crippen LogP contribution in [0.5, 0.6) is 0 Å². The SMILES string of the molecule is CC(C)(C)CC(C)(C(C)(C)C)C1(O)N=N1. The zero-order valence-electron chi connectivity index (χ0n) is 11.0. The quantitative estimate of drug-likeness (QED) is 0.747. The van der Waals surface area contributed by atoms with Gasteiger partial charge in [0.05, 0.1) is 0 Å². The van der Waals surface area contributed by atoms with Crippen LogP contribution >= 0.6 is 0 Å². The Kier molecular flexibility index (Phi) is 2.55. The first-order valence-corrected chi connectivity index (χ1v) is 5.58. The summed E-state index contributed by atoms with van der Waals surface area (Å²) in [4.78, 5) is 0. The predicted molar refractivity (Wildman–Crippen MR) is 61.4 cm³/mol. The van der Waals surface area contributed by atoms with Gasteiger partial charge in [0.25, 0.3) is 5.85 Å². The van der Waals surface area contributed by atoms with Gasteiger partial charge in [-0.25, -0.2) is 0 Å². The van der Waals surface area contributed by atoms with Gasteiger partial charge in [-0.3, -0.25) is 0 Å². The Morgan fingerprint density at radius 1 is 0.933 bits per heavy atom. The highest BCUT2D eigenvalue weighted by atomic mass is 16.4. The number of hydrogen-bond acceptors (Lipinski definition) is 3. The molecule has 1 unspecified atom stereocenters. The maximum atomic E-state index is 10.2. The van der Waals surface area contributed by atoms with E-state index in [9.17, 15) is 5.11 Å². The van der Waals surface area contributed by atoms with E-state index in [4.69, 9.17) is 0 Å². The largest absolute Gasteiger partial charge is 0.349 e. The Morgan fingerprint density at radius 2 is 1.33 bits per heavy atom. The minimum Gasteiger partial charge on any atom is -0.349 e. The molecule has 0 saturated carbocycles. The molecule has 1 rings (SSSR count). The van der Waals surface area contributed by atoms with Gasteiger partial charge in [0.15, 0.2) is 0 Å². The van der Waals surface area contributed by atoms with Crippen LogP contribution in [-0.4, -0.2) is 11.0 Å². The summed E-state index contributed by atoms with van der Waals surface area (Å²) < 4.78 is 0. The Labute approximate surface area is 93.0 Å². The fraction of sp³-hybridized carbons (Fsp3) is 1.00. The standard InChI is InChI=1S/C12H24N2O/c1-9(2,3)8-11(7,10(4,5)6)12(15)13-14-12/h15H,8H2,1-7H3. The summed E-state index contributed by atoms with van der Waals surface area (Å²) in [7, 11) is 0. The van der Waals surface area contributed by atoms with Crippen LogP contribution in [0.2, 0.25) is 0 Å². The average Bonchev–Trinajstić information content (AvgIpc) is 2.62. The molecule has 3 nitrogen and oxygen atoms in total. The Balaban J connectivity index is 2.99. The molecule has 0 aromatic carbocycles. The van der Waals surface area contributed by atoms with Crippen molar-refractivity contribution in [3.63, 3.8) is 0 Å². The molecule has 3 heteroatoms. The Bertz CT molecular complexity index is 270. The number of nitrogens with zero attached hydrogens (tertiary/aromatic N) is 2. The molecule has 0 aromatic heterocycles. The van der Waals surface area contributed by atoms with Gasteiger partial charge in [-0.1, -0.05) is 48.5 Å². The van der Waals surface area contributed by atoms with Crippen LogP contribution in [-0.2, 0) is 0 Å². The Hall–Kier alpha value is -0.440. The van der Waals surface area contributed by atoms with Crippen molar-refractivity contribution in [3.8, 4) is 0 Å². The molecule has 0 radical (unpaired) electrons. The van der Waals surface area contributed by atoms with Gasteiger partial charge < -0.3 is 5.11 Å². The van der Waals surface area contributed by atoms with Gasteiger partial charge in [0, 0.05) is 5.41 Å². The van der Waals surface area contributed by atoms with Gasteiger partial charge in [0.2, 0.25) is 0 Å². The summed E-state index contributed by atoms with van der Waals surface area (Å²) in [6, 6.07) is 0. The minimum absolute atomic E-state index is 0.0292. The molecule has 1 N–H and O–H groups in total. The molecule has 1 aliphatic rings. The van der Waals surface area contributed by atoms with Gasteiger partial charge in [0.1, 0.15) is 0 Å². The summed E-state index contributed by atoms with van der Waals surface area (Å²) in [5, 5.41) is 17.9. The van der Waals surface area contributed by atoms with Crippen molar-refractivity contribution in [3.05, 3.63) is 0 Å². The van der Waals surface area contributed by atoms with Crippen LogP contribution in [0.4, 0.5) is 0 Å². The molecule has 1 aliphatic heterocycles. The fourth-order valence-electron chi connectivity index (χ4n) is 2.22. The highest BCUT2D eigenvalue weighted by Gasteiger charge is 2.61. The van der Waals surface area contributed by atoms with E-state index in [2.05, 4.69) is 58.7 Å². The van der Waals surface area contributed by atoms with E-state index in [0.29, 0.717) is 0 Å². The van der Waals surface area contributed by atoms with Crippen molar-refractivity contribution in [1.82, 2.24) is 0 Å². The molecule has 0 spiro atoms. The van der Waals surface area contributed by atoms with Crippen molar-refractivity contribution in [2.75, 3.05) is 0 Å². The Morgan fingerprint density at radius 3 is 1.53 bits per heavy atom. The molecule has 0 aromatic rings. The first-order chi connectivity index (χ1) is 6.41. The molecule has 0 aliphatic carbocycles. The molecule has 1 atom stereocenters. The summed E-state index contributed by atoms with van der Waals surface area (Å²) >= 11 is 0. The fourth-order valence-corrected chi connectivity index (χ4v) is 2.22. The van der Waals surface area contributed by atoms with E-state index in [1.54, 1.807) is 0 Å². The van der Waals surface area contributed by atoms with Crippen molar-refractivity contribution in [1.29, 1.82) is 0 Å². The van der Waals surface area contributed by atoms with Gasteiger partial charge >= 0.3 is 0 Å². The summed E-state index contributed by atoms with van der Waals surface area (Å²) in [6.45, 7) is 15.0. The lowest BCUT2D eigenvalue weighted by atomic mass is 9.59. The van der Waals surface area contributed by atoms with Crippen molar-refractivity contribution < 1.29 is 5.11 Å². The van der Waals surface area contributed by atoms with Crippen molar-refractivity contribution in [2.45, 2.75) is 60.7 Å². The van der Waals surface area contributed by atoms with Crippen LogP contribution in [0.1, 0.15) is 54.9 Å². The molecule has 0 amide bonds. The zero-order chi connectivity index (χ0) is 12.1. The lowest BCUT2D eigenvalue weighted by Crippen LogP contribution is -2.48. The second-order valence-electron chi connectivity index (χ2n) is 7.15. The summed E-state index contributed by atoms with van der Waals surface area (Å²) in [6.07, 6.45) is 0.896. The zero-order valence-corrected chi connectivity index (χ0v) is 11.0. The number of aliphatic hydroxyl groups is 1. The smallest absolute Gasteiger partial charge is 0.296 e. The third-order valence-corrected chi connectivity index (χ3v) is 3.57. The lowest BCUT2D eigenvalue weighted by Gasteiger charge is -2.46. The third kappa shape index (κ3) is 2.22. The highest BCUT2D eigenvalue weighted by Crippen LogP contribution is 2.58. The maximum Gasteiger partial charge on any atom is 0.296 e. The molecule has 1 heterocycles. The molecule has 88 valence electrons. The minimum atomic E-state index is -1.15. The summed E-state index contributed by atoms with van der Waals surface area (Å²) in [5.74, 6) is -1.15. The second-order valence-corrected chi connectivity index (χ2v) is 7.15. The molecule has 0 bridgehead atoms. The van der Waals surface area contributed by atoms with Crippen molar-refractivity contribution >= 4 is 0 Å². The van der Waals surface area contributed by atoms with Crippen LogP contribution in [0.15, 0.2) is 10.2 Å². The van der Waals surface area contributed by atoms with Gasteiger partial charge in [-0.05, 0) is 17.3 Å². The number of hydrogen-bond donors (Lipinski definition) is 1. The van der Waals surface area contributed by atoms with E-state index in [-0.39, 0.29) is 16.2 Å². The lowest BCUT2D eigenvalue weighted by molar-refractivity contribution is -0.0969. The molecular weight excluding hydrogens is 188 g/mol. The van der Waals surface area contributed by atoms with Crippen LogP contribution in [0, 0.1) is 16.2 Å². The molecule has 15 heavy (non-hydrogen) atoms. The van der Waals surface area contributed by atoms with Gasteiger partial charge in [-0.2, -0.15) is 0 Å². The predicted octanol–water partition coefficient (Wildman–Crippen LogP) is 3.59. The normalized spacial score (nSPS) is 23.7. The first-order valence-electron chi connectivity index (χ1n) is 5.58. The second kappa shape index (κ2) is 3.03. The van der Waals surface area contributed by atoms with Gasteiger partial charge in [-0.15, -0.1) is 10.2 Å². The van der Waals surface area contributed by atoms with E-state index in [1.807, 2.05) is 0 Å². The molecular formula is C12H24N2O. The van der Waals surface area contributed by atoms with Crippen molar-refractivity contribution in [2.24, 2.45) is 26.5 Å². The number of rotatable bonds is 2. The first kappa shape index (κ1) is 12.6. The third-order valence-electron chi connectivity index (χ3n) is 3.57. The monoisotopic (exact) mass is 212 g/mol. The van der Waals surface area contributed by atoms with E-state index < -0.39 is 5.85 Å². The van der Waals surface area contributed by atoms with Crippen LogP contribution < -0.4 is 0 Å².